The summed E-state index contributed by atoms with van der Waals surface area (Å²) < 4.78 is 12.9. The van der Waals surface area contributed by atoms with Crippen molar-refractivity contribution in [2.24, 2.45) is 0 Å². The van der Waals surface area contributed by atoms with Gasteiger partial charge in [-0.2, -0.15) is 0 Å². The number of nitrogens with one attached hydrogen (secondary N) is 1. The third kappa shape index (κ3) is 3.66. The van der Waals surface area contributed by atoms with Gasteiger partial charge in [-0.15, -0.1) is 0 Å². The number of aromatic nitrogens is 1. The van der Waals surface area contributed by atoms with Gasteiger partial charge < -0.3 is 5.32 Å². The molecule has 5 heteroatoms. The zero-order valence-electron chi connectivity index (χ0n) is 10.3. The van der Waals surface area contributed by atoms with Crippen molar-refractivity contribution >= 4 is 23.2 Å². The van der Waals surface area contributed by atoms with Gasteiger partial charge in [-0.05, 0) is 37.2 Å². The monoisotopic (exact) mass is 298 g/mol. The van der Waals surface area contributed by atoms with Gasteiger partial charge in [-0.3, -0.25) is 4.98 Å². The molecule has 0 aliphatic carbocycles. The second-order valence-corrected chi connectivity index (χ2v) is 5.04. The summed E-state index contributed by atoms with van der Waals surface area (Å²) in [7, 11) is 1.83. The molecule has 1 N–H and O–H groups in total. The molecule has 0 fully saturated rings. The van der Waals surface area contributed by atoms with Crippen LogP contribution in [0.4, 0.5) is 4.39 Å². The molecule has 1 aromatic heterocycles. The van der Waals surface area contributed by atoms with E-state index in [1.807, 2.05) is 7.05 Å². The van der Waals surface area contributed by atoms with Gasteiger partial charge in [0.1, 0.15) is 5.82 Å². The summed E-state index contributed by atoms with van der Waals surface area (Å²) in [6.45, 7) is 0. The number of nitrogens with zero attached hydrogens (tertiary/aromatic N) is 1. The first-order chi connectivity index (χ1) is 9.10. The zero-order chi connectivity index (χ0) is 13.8. The SMILES string of the molecule is CNC(Cc1ccc(F)cc1)c1ncc(Cl)cc1Cl. The van der Waals surface area contributed by atoms with Crippen molar-refractivity contribution in [1.82, 2.24) is 10.3 Å². The maximum atomic E-state index is 12.9. The lowest BCUT2D eigenvalue weighted by molar-refractivity contribution is 0.574. The highest BCUT2D eigenvalue weighted by Crippen LogP contribution is 2.26. The Hall–Kier alpha value is -1.16. The van der Waals surface area contributed by atoms with Gasteiger partial charge in [0.25, 0.3) is 0 Å². The van der Waals surface area contributed by atoms with Gasteiger partial charge in [-0.1, -0.05) is 35.3 Å². The van der Waals surface area contributed by atoms with E-state index in [9.17, 15) is 4.39 Å². The van der Waals surface area contributed by atoms with E-state index in [-0.39, 0.29) is 11.9 Å². The van der Waals surface area contributed by atoms with Crippen LogP contribution in [0.2, 0.25) is 10.0 Å². The average molecular weight is 299 g/mol. The second-order valence-electron chi connectivity index (χ2n) is 4.19. The predicted molar refractivity (Wildman–Crippen MR) is 76.2 cm³/mol. The quantitative estimate of drug-likeness (QED) is 0.922. The minimum Gasteiger partial charge on any atom is -0.311 e. The van der Waals surface area contributed by atoms with E-state index in [0.717, 1.165) is 11.3 Å². The highest BCUT2D eigenvalue weighted by molar-refractivity contribution is 6.34. The van der Waals surface area contributed by atoms with Gasteiger partial charge >= 0.3 is 0 Å². The fourth-order valence-electron chi connectivity index (χ4n) is 1.87. The first kappa shape index (κ1) is 14.3. The van der Waals surface area contributed by atoms with Crippen molar-refractivity contribution < 1.29 is 4.39 Å². The first-order valence-corrected chi connectivity index (χ1v) is 6.58. The van der Waals surface area contributed by atoms with Crippen LogP contribution in [0.15, 0.2) is 36.5 Å². The minimum absolute atomic E-state index is 0.0461. The molecule has 1 atom stereocenters. The molecule has 0 aliphatic rings. The van der Waals surface area contributed by atoms with Crippen molar-refractivity contribution in [3.05, 3.63) is 63.6 Å². The second kappa shape index (κ2) is 6.33. The molecule has 2 rings (SSSR count). The van der Waals surface area contributed by atoms with Crippen molar-refractivity contribution in [1.29, 1.82) is 0 Å². The Labute approximate surface area is 121 Å². The maximum absolute atomic E-state index is 12.9. The molecule has 1 aromatic carbocycles. The fourth-order valence-corrected chi connectivity index (χ4v) is 2.39. The van der Waals surface area contributed by atoms with Crippen LogP contribution in [0.1, 0.15) is 17.3 Å². The molecular formula is C14H13Cl2FN2. The van der Waals surface area contributed by atoms with E-state index in [1.165, 1.54) is 12.1 Å². The molecule has 0 aliphatic heterocycles. The molecule has 2 aromatic rings. The Kier molecular flexibility index (Phi) is 4.75. The van der Waals surface area contributed by atoms with Crippen molar-refractivity contribution in [2.75, 3.05) is 7.05 Å². The van der Waals surface area contributed by atoms with E-state index < -0.39 is 0 Å². The van der Waals surface area contributed by atoms with Gasteiger partial charge in [0.05, 0.1) is 21.8 Å². The number of halogens is 3. The summed E-state index contributed by atoms with van der Waals surface area (Å²) in [5.74, 6) is -0.243. The molecule has 0 spiro atoms. The molecule has 100 valence electrons. The van der Waals surface area contributed by atoms with Crippen LogP contribution in [0.5, 0.6) is 0 Å². The first-order valence-electron chi connectivity index (χ1n) is 5.83. The lowest BCUT2D eigenvalue weighted by Crippen LogP contribution is -2.20. The standard InChI is InChI=1S/C14H13Cl2FN2/c1-18-13(6-9-2-4-11(17)5-3-9)14-12(16)7-10(15)8-19-14/h2-5,7-8,13,18H,6H2,1H3. The Morgan fingerprint density at radius 2 is 1.95 bits per heavy atom. The van der Waals surface area contributed by atoms with E-state index in [0.29, 0.717) is 16.5 Å². The molecule has 19 heavy (non-hydrogen) atoms. The van der Waals surface area contributed by atoms with Crippen LogP contribution in [0, 0.1) is 5.82 Å². The van der Waals surface area contributed by atoms with Gasteiger partial charge in [0.15, 0.2) is 0 Å². The molecule has 0 radical (unpaired) electrons. The summed E-state index contributed by atoms with van der Waals surface area (Å²) in [4.78, 5) is 4.26. The summed E-state index contributed by atoms with van der Waals surface area (Å²) in [6, 6.07) is 8.01. The fraction of sp³-hybridized carbons (Fsp3) is 0.214. The van der Waals surface area contributed by atoms with E-state index in [1.54, 1.807) is 24.4 Å². The highest BCUT2D eigenvalue weighted by Gasteiger charge is 2.15. The number of hydrogen-bond donors (Lipinski definition) is 1. The Morgan fingerprint density at radius 3 is 2.53 bits per heavy atom. The molecule has 0 amide bonds. The van der Waals surface area contributed by atoms with E-state index in [2.05, 4.69) is 10.3 Å². The van der Waals surface area contributed by atoms with Crippen LogP contribution in [0.25, 0.3) is 0 Å². The molecular weight excluding hydrogens is 286 g/mol. The van der Waals surface area contributed by atoms with Crippen LogP contribution >= 0.6 is 23.2 Å². The normalized spacial score (nSPS) is 12.4. The molecule has 2 nitrogen and oxygen atoms in total. The predicted octanol–water partition coefficient (Wildman–Crippen LogP) is 4.03. The molecule has 1 unspecified atom stereocenters. The van der Waals surface area contributed by atoms with Crippen molar-refractivity contribution in [3.8, 4) is 0 Å². The summed E-state index contributed by atoms with van der Waals surface area (Å²) in [5, 5.41) is 4.19. The van der Waals surface area contributed by atoms with Crippen LogP contribution in [0.3, 0.4) is 0 Å². The van der Waals surface area contributed by atoms with Crippen molar-refractivity contribution in [2.45, 2.75) is 12.5 Å². The van der Waals surface area contributed by atoms with E-state index in [4.69, 9.17) is 23.2 Å². The zero-order valence-corrected chi connectivity index (χ0v) is 11.8. The molecule has 0 bridgehead atoms. The third-order valence-corrected chi connectivity index (χ3v) is 3.38. The van der Waals surface area contributed by atoms with Crippen LogP contribution in [-0.2, 0) is 6.42 Å². The lowest BCUT2D eigenvalue weighted by atomic mass is 10.0. The topological polar surface area (TPSA) is 24.9 Å². The van der Waals surface area contributed by atoms with Crippen LogP contribution < -0.4 is 5.32 Å². The summed E-state index contributed by atoms with van der Waals surface area (Å²) in [6.07, 6.45) is 2.24. The smallest absolute Gasteiger partial charge is 0.123 e. The Bertz CT molecular complexity index is 558. The molecule has 0 saturated carbocycles. The van der Waals surface area contributed by atoms with Gasteiger partial charge in [0.2, 0.25) is 0 Å². The lowest BCUT2D eigenvalue weighted by Gasteiger charge is -2.17. The average Bonchev–Trinajstić information content (AvgIpc) is 2.39. The Morgan fingerprint density at radius 1 is 1.26 bits per heavy atom. The number of likely N-dealkylation sites (N-methyl/N-ethyl adjacent to an activating group) is 1. The third-order valence-electron chi connectivity index (χ3n) is 2.87. The number of pyridine rings is 1. The van der Waals surface area contributed by atoms with Crippen LogP contribution in [-0.4, -0.2) is 12.0 Å². The number of hydrogen-bond acceptors (Lipinski definition) is 2. The highest BCUT2D eigenvalue weighted by atomic mass is 35.5. The summed E-state index contributed by atoms with van der Waals surface area (Å²) >= 11 is 12.0. The Balaban J connectivity index is 2.22. The molecule has 0 saturated heterocycles. The van der Waals surface area contributed by atoms with Gasteiger partial charge in [-0.25, -0.2) is 4.39 Å². The summed E-state index contributed by atoms with van der Waals surface area (Å²) in [5.41, 5.74) is 1.74. The maximum Gasteiger partial charge on any atom is 0.123 e. The number of benzene rings is 1. The number of rotatable bonds is 4. The molecule has 1 heterocycles. The van der Waals surface area contributed by atoms with Crippen molar-refractivity contribution in [3.63, 3.8) is 0 Å². The largest absolute Gasteiger partial charge is 0.311 e. The van der Waals surface area contributed by atoms with Gasteiger partial charge in [0, 0.05) is 6.20 Å². The minimum atomic E-state index is -0.243. The van der Waals surface area contributed by atoms with E-state index >= 15 is 0 Å².